The Hall–Kier alpha value is -2.44. The molecule has 0 saturated heterocycles. The summed E-state index contributed by atoms with van der Waals surface area (Å²) in [6.45, 7) is 4.54. The predicted molar refractivity (Wildman–Crippen MR) is 109 cm³/mol. The molecule has 138 valence electrons. The van der Waals surface area contributed by atoms with Crippen molar-refractivity contribution in [3.8, 4) is 0 Å². The number of carbonyl (C=O) groups excluding carboxylic acids is 1. The van der Waals surface area contributed by atoms with Crippen molar-refractivity contribution in [2.45, 2.75) is 33.2 Å². The first-order valence-corrected chi connectivity index (χ1v) is 9.97. The largest absolute Gasteiger partial charge is 0.351 e. The van der Waals surface area contributed by atoms with Crippen LogP contribution in [0.5, 0.6) is 0 Å². The normalized spacial score (nSPS) is 11.4. The highest BCUT2D eigenvalue weighted by molar-refractivity contribution is 7.16. The van der Waals surface area contributed by atoms with Gasteiger partial charge in [0, 0.05) is 28.1 Å². The fourth-order valence-electron chi connectivity index (χ4n) is 3.30. The van der Waals surface area contributed by atoms with Gasteiger partial charge in [0.05, 0.1) is 16.4 Å². The second kappa shape index (κ2) is 7.29. The van der Waals surface area contributed by atoms with E-state index in [-0.39, 0.29) is 5.91 Å². The van der Waals surface area contributed by atoms with Crippen molar-refractivity contribution in [3.05, 3.63) is 62.6 Å². The number of nitrogens with zero attached hydrogens (tertiary/aromatic N) is 3. The first-order chi connectivity index (χ1) is 13.0. The topological polar surface area (TPSA) is 59.3 Å². The van der Waals surface area contributed by atoms with Gasteiger partial charge in [0.2, 0.25) is 5.91 Å². The van der Waals surface area contributed by atoms with Crippen LogP contribution < -0.4 is 5.32 Å². The highest BCUT2D eigenvalue weighted by atomic mass is 35.5. The molecule has 5 nitrogen and oxygen atoms in total. The number of benzene rings is 1. The van der Waals surface area contributed by atoms with Gasteiger partial charge < -0.3 is 5.32 Å². The Morgan fingerprint density at radius 2 is 2.04 bits per heavy atom. The first kappa shape index (κ1) is 17.9. The van der Waals surface area contributed by atoms with Crippen molar-refractivity contribution < 1.29 is 4.79 Å². The van der Waals surface area contributed by atoms with Gasteiger partial charge in [-0.1, -0.05) is 23.7 Å². The van der Waals surface area contributed by atoms with Gasteiger partial charge in [0.15, 0.2) is 5.65 Å². The SMILES string of the molecule is Cc1nc2c3ccccc3nn2c(C)c1CCC(=O)NCc1ccc(Cl)s1. The van der Waals surface area contributed by atoms with Gasteiger partial charge in [-0.25, -0.2) is 9.50 Å². The zero-order chi connectivity index (χ0) is 19.0. The first-order valence-electron chi connectivity index (χ1n) is 8.77. The molecule has 0 aliphatic carbocycles. The highest BCUT2D eigenvalue weighted by Crippen LogP contribution is 2.23. The van der Waals surface area contributed by atoms with E-state index in [9.17, 15) is 4.79 Å². The van der Waals surface area contributed by atoms with Crippen molar-refractivity contribution in [1.29, 1.82) is 0 Å². The third-order valence-electron chi connectivity index (χ3n) is 4.71. The molecule has 0 aliphatic rings. The zero-order valence-electron chi connectivity index (χ0n) is 15.1. The van der Waals surface area contributed by atoms with Crippen LogP contribution in [0.1, 0.15) is 28.2 Å². The zero-order valence-corrected chi connectivity index (χ0v) is 16.7. The smallest absolute Gasteiger partial charge is 0.220 e. The monoisotopic (exact) mass is 398 g/mol. The molecule has 4 aromatic rings. The lowest BCUT2D eigenvalue weighted by atomic mass is 10.1. The third kappa shape index (κ3) is 3.55. The molecule has 0 aliphatic heterocycles. The summed E-state index contributed by atoms with van der Waals surface area (Å²) in [6, 6.07) is 11.8. The van der Waals surface area contributed by atoms with Gasteiger partial charge in [0.25, 0.3) is 0 Å². The van der Waals surface area contributed by atoms with Gasteiger partial charge in [-0.3, -0.25) is 4.79 Å². The van der Waals surface area contributed by atoms with Crippen LogP contribution in [0.2, 0.25) is 4.34 Å². The molecule has 3 heterocycles. The van der Waals surface area contributed by atoms with E-state index in [0.717, 1.165) is 42.7 Å². The van der Waals surface area contributed by atoms with Gasteiger partial charge >= 0.3 is 0 Å². The van der Waals surface area contributed by atoms with E-state index >= 15 is 0 Å². The second-order valence-corrected chi connectivity index (χ2v) is 8.30. The summed E-state index contributed by atoms with van der Waals surface area (Å²) < 4.78 is 2.62. The summed E-state index contributed by atoms with van der Waals surface area (Å²) in [7, 11) is 0. The number of fused-ring (bicyclic) bond motifs is 3. The minimum Gasteiger partial charge on any atom is -0.351 e. The third-order valence-corrected chi connectivity index (χ3v) is 5.94. The quantitative estimate of drug-likeness (QED) is 0.539. The van der Waals surface area contributed by atoms with Gasteiger partial charge in [-0.2, -0.15) is 5.10 Å². The van der Waals surface area contributed by atoms with Crippen LogP contribution in [0, 0.1) is 13.8 Å². The molecule has 4 rings (SSSR count). The molecular formula is C20H19ClN4OS. The molecule has 0 radical (unpaired) electrons. The molecule has 27 heavy (non-hydrogen) atoms. The lowest BCUT2D eigenvalue weighted by Gasteiger charge is -2.11. The fourth-order valence-corrected chi connectivity index (χ4v) is 4.32. The number of aryl methyl sites for hydroxylation is 2. The lowest BCUT2D eigenvalue weighted by Crippen LogP contribution is -2.23. The average Bonchev–Trinajstić information content (AvgIpc) is 3.23. The van der Waals surface area contributed by atoms with Crippen LogP contribution in [-0.2, 0) is 17.8 Å². The minimum atomic E-state index is 0.0176. The highest BCUT2D eigenvalue weighted by Gasteiger charge is 2.15. The predicted octanol–water partition coefficient (Wildman–Crippen LogP) is 4.46. The maximum atomic E-state index is 12.2. The van der Waals surface area contributed by atoms with Crippen molar-refractivity contribution in [2.75, 3.05) is 0 Å². The number of rotatable bonds is 5. The van der Waals surface area contributed by atoms with E-state index in [0.29, 0.717) is 19.4 Å². The Bertz CT molecular complexity index is 1150. The Balaban J connectivity index is 1.51. The second-order valence-electron chi connectivity index (χ2n) is 6.50. The van der Waals surface area contributed by atoms with E-state index in [1.54, 1.807) is 0 Å². The van der Waals surface area contributed by atoms with Crippen LogP contribution in [0.3, 0.4) is 0 Å². The molecule has 3 aromatic heterocycles. The van der Waals surface area contributed by atoms with Gasteiger partial charge in [0.1, 0.15) is 0 Å². The summed E-state index contributed by atoms with van der Waals surface area (Å²) in [6.07, 6.45) is 1.04. The Morgan fingerprint density at radius 1 is 1.22 bits per heavy atom. The summed E-state index contributed by atoms with van der Waals surface area (Å²) in [5.41, 5.74) is 4.85. The minimum absolute atomic E-state index is 0.0176. The van der Waals surface area contributed by atoms with Crippen molar-refractivity contribution in [3.63, 3.8) is 0 Å². The molecule has 1 amide bonds. The number of thiophene rings is 1. The molecule has 0 saturated carbocycles. The maximum Gasteiger partial charge on any atom is 0.220 e. The Labute approximate surface area is 166 Å². The maximum absolute atomic E-state index is 12.2. The molecule has 7 heteroatoms. The van der Waals surface area contributed by atoms with Crippen LogP contribution >= 0.6 is 22.9 Å². The molecular weight excluding hydrogens is 380 g/mol. The van der Waals surface area contributed by atoms with Crippen molar-refractivity contribution in [2.24, 2.45) is 0 Å². The van der Waals surface area contributed by atoms with E-state index in [2.05, 4.69) is 10.4 Å². The summed E-state index contributed by atoms with van der Waals surface area (Å²) in [4.78, 5) is 18.0. The van der Waals surface area contributed by atoms with E-state index in [4.69, 9.17) is 16.6 Å². The summed E-state index contributed by atoms with van der Waals surface area (Å²) in [5, 5.41) is 8.66. The number of aromatic nitrogens is 3. The van der Waals surface area contributed by atoms with Crippen LogP contribution in [0.4, 0.5) is 0 Å². The van der Waals surface area contributed by atoms with Gasteiger partial charge in [-0.15, -0.1) is 11.3 Å². The summed E-state index contributed by atoms with van der Waals surface area (Å²) >= 11 is 7.40. The van der Waals surface area contributed by atoms with E-state index in [1.807, 2.05) is 54.8 Å². The number of amides is 1. The van der Waals surface area contributed by atoms with Crippen molar-refractivity contribution in [1.82, 2.24) is 19.9 Å². The molecule has 1 N–H and O–H groups in total. The van der Waals surface area contributed by atoms with E-state index in [1.165, 1.54) is 11.3 Å². The van der Waals surface area contributed by atoms with E-state index < -0.39 is 0 Å². The fraction of sp³-hybridized carbons (Fsp3) is 0.250. The lowest BCUT2D eigenvalue weighted by molar-refractivity contribution is -0.121. The number of halogens is 1. The van der Waals surface area contributed by atoms with Gasteiger partial charge in [-0.05, 0) is 50.1 Å². The number of carbonyl (C=O) groups is 1. The van der Waals surface area contributed by atoms with Crippen LogP contribution in [0.25, 0.3) is 16.6 Å². The summed E-state index contributed by atoms with van der Waals surface area (Å²) in [5.74, 6) is 0.0176. The molecule has 0 bridgehead atoms. The molecule has 0 unspecified atom stereocenters. The van der Waals surface area contributed by atoms with Crippen LogP contribution in [-0.4, -0.2) is 20.5 Å². The standard InChI is InChI=1S/C20H19ClN4OS/c1-12-15(8-10-19(26)22-11-14-7-9-18(21)27-14)13(2)25-20(23-12)16-5-3-4-6-17(16)24-25/h3-7,9H,8,10-11H2,1-2H3,(H,22,26). The Morgan fingerprint density at radius 3 is 2.81 bits per heavy atom. The Kier molecular flexibility index (Phi) is 4.85. The van der Waals surface area contributed by atoms with Crippen LogP contribution in [0.15, 0.2) is 36.4 Å². The van der Waals surface area contributed by atoms with Crippen molar-refractivity contribution >= 4 is 45.4 Å². The molecule has 0 fully saturated rings. The molecule has 1 aromatic carbocycles. The number of hydrogen-bond donors (Lipinski definition) is 1. The average molecular weight is 399 g/mol. The number of hydrogen-bond acceptors (Lipinski definition) is 4. The number of nitrogens with one attached hydrogen (secondary N) is 1. The molecule has 0 atom stereocenters. The molecule has 0 spiro atoms.